The number of aliphatic hydroxyl groups is 1. The van der Waals surface area contributed by atoms with Crippen LogP contribution in [0.25, 0.3) is 0 Å². The van der Waals surface area contributed by atoms with E-state index >= 15 is 0 Å². The number of nitrogens with zero attached hydrogens (tertiary/aromatic N) is 1. The third-order valence-electron chi connectivity index (χ3n) is 7.19. The molecule has 0 amide bonds. The maximum absolute atomic E-state index is 10.7. The highest BCUT2D eigenvalue weighted by Crippen LogP contribution is 2.47. The Labute approximate surface area is 180 Å². The number of likely N-dealkylation sites (tertiary alicyclic amines) is 1. The number of methoxy groups -OCH3 is 1. The van der Waals surface area contributed by atoms with Crippen LogP contribution in [-0.4, -0.2) is 42.4 Å². The summed E-state index contributed by atoms with van der Waals surface area (Å²) in [5.74, 6) is 1.87. The Hall–Kier alpha value is -2.04. The van der Waals surface area contributed by atoms with Crippen molar-refractivity contribution in [1.82, 2.24) is 4.90 Å². The number of aliphatic hydroxyl groups excluding tert-OH is 1. The van der Waals surface area contributed by atoms with Crippen LogP contribution in [0.1, 0.15) is 56.6 Å². The summed E-state index contributed by atoms with van der Waals surface area (Å²) >= 11 is 0. The molecule has 1 aliphatic carbocycles. The van der Waals surface area contributed by atoms with E-state index in [-0.39, 0.29) is 17.4 Å². The number of hydrogen-bond acceptors (Lipinski definition) is 4. The van der Waals surface area contributed by atoms with Crippen molar-refractivity contribution in [1.29, 1.82) is 0 Å². The number of ether oxygens (including phenoxy) is 2. The minimum atomic E-state index is -0.399. The molecule has 30 heavy (non-hydrogen) atoms. The molecule has 2 aromatic rings. The smallest absolute Gasteiger partial charge is 0.161 e. The lowest BCUT2D eigenvalue weighted by atomic mass is 9.72. The van der Waals surface area contributed by atoms with E-state index in [4.69, 9.17) is 9.47 Å². The minimum Gasteiger partial charge on any atom is -0.493 e. The normalized spacial score (nSPS) is 26.1. The van der Waals surface area contributed by atoms with Crippen molar-refractivity contribution < 1.29 is 14.6 Å². The van der Waals surface area contributed by atoms with Crippen molar-refractivity contribution in [2.24, 2.45) is 5.41 Å². The zero-order valence-electron chi connectivity index (χ0n) is 18.5. The monoisotopic (exact) mass is 409 g/mol. The molecule has 1 heterocycles. The summed E-state index contributed by atoms with van der Waals surface area (Å²) in [6.07, 6.45) is 4.60. The summed E-state index contributed by atoms with van der Waals surface area (Å²) in [6.45, 7) is 6.84. The van der Waals surface area contributed by atoms with Gasteiger partial charge in [0.25, 0.3) is 0 Å². The fourth-order valence-electron chi connectivity index (χ4n) is 5.18. The summed E-state index contributed by atoms with van der Waals surface area (Å²) in [5.41, 5.74) is 2.32. The van der Waals surface area contributed by atoms with Gasteiger partial charge in [-0.15, -0.1) is 0 Å². The Kier molecular flexibility index (Phi) is 6.35. The molecular weight excluding hydrogens is 374 g/mol. The highest BCUT2D eigenvalue weighted by Gasteiger charge is 2.47. The van der Waals surface area contributed by atoms with Gasteiger partial charge >= 0.3 is 0 Å². The van der Waals surface area contributed by atoms with Crippen LogP contribution in [0.3, 0.4) is 0 Å². The van der Waals surface area contributed by atoms with Crippen molar-refractivity contribution in [3.05, 3.63) is 59.7 Å². The molecule has 1 saturated heterocycles. The Balaban J connectivity index is 1.59. The zero-order chi connectivity index (χ0) is 21.1. The van der Waals surface area contributed by atoms with Gasteiger partial charge in [0.2, 0.25) is 0 Å². The van der Waals surface area contributed by atoms with Crippen molar-refractivity contribution in [3.8, 4) is 11.5 Å². The second-order valence-corrected chi connectivity index (χ2v) is 9.32. The molecule has 2 aromatic carbocycles. The quantitative estimate of drug-likeness (QED) is 0.698. The second-order valence-electron chi connectivity index (χ2n) is 9.32. The summed E-state index contributed by atoms with van der Waals surface area (Å²) in [4.78, 5) is 2.47. The highest BCUT2D eigenvalue weighted by atomic mass is 16.5. The predicted octanol–water partition coefficient (Wildman–Crippen LogP) is 5.00. The van der Waals surface area contributed by atoms with Crippen LogP contribution in [0.5, 0.6) is 11.5 Å². The topological polar surface area (TPSA) is 41.9 Å². The first-order valence-corrected chi connectivity index (χ1v) is 11.3. The standard InChI is InChI=1S/C26H35NO3/c1-19(28)26(2)18-27(16-20-9-5-4-6-10-20)17-23(26)21-13-14-24(29-3)25(15-21)30-22-11-7-8-12-22/h4-6,9-10,13-15,19,22-23,28H,7-8,11-12,16-18H2,1-3H3/t19-,23-,26-/m0/s1. The molecule has 4 heteroatoms. The third-order valence-corrected chi connectivity index (χ3v) is 7.19. The molecule has 0 spiro atoms. The van der Waals surface area contributed by atoms with Gasteiger partial charge in [-0.3, -0.25) is 4.90 Å². The Bertz CT molecular complexity index is 831. The first kappa shape index (κ1) is 21.2. The van der Waals surface area contributed by atoms with Gasteiger partial charge in [0.15, 0.2) is 11.5 Å². The lowest BCUT2D eigenvalue weighted by Crippen LogP contribution is -2.37. The molecule has 4 rings (SSSR count). The molecule has 0 unspecified atom stereocenters. The third kappa shape index (κ3) is 4.35. The second kappa shape index (κ2) is 8.99. The molecule has 2 aliphatic rings. The van der Waals surface area contributed by atoms with Gasteiger partial charge in [0, 0.05) is 31.0 Å². The van der Waals surface area contributed by atoms with Crippen molar-refractivity contribution in [2.75, 3.05) is 20.2 Å². The van der Waals surface area contributed by atoms with Gasteiger partial charge in [0.05, 0.1) is 19.3 Å². The number of benzene rings is 2. The van der Waals surface area contributed by atoms with E-state index in [2.05, 4.69) is 54.3 Å². The largest absolute Gasteiger partial charge is 0.493 e. The molecule has 2 fully saturated rings. The van der Waals surface area contributed by atoms with Crippen LogP contribution in [-0.2, 0) is 6.54 Å². The minimum absolute atomic E-state index is 0.214. The molecule has 1 saturated carbocycles. The summed E-state index contributed by atoms with van der Waals surface area (Å²) in [7, 11) is 1.70. The first-order valence-electron chi connectivity index (χ1n) is 11.3. The molecule has 1 N–H and O–H groups in total. The van der Waals surface area contributed by atoms with Gasteiger partial charge in [-0.25, -0.2) is 0 Å². The summed E-state index contributed by atoms with van der Waals surface area (Å²) < 4.78 is 11.9. The molecule has 4 nitrogen and oxygen atoms in total. The average Bonchev–Trinajstić information content (AvgIpc) is 3.37. The number of hydrogen-bond donors (Lipinski definition) is 1. The molecule has 0 radical (unpaired) electrons. The fourth-order valence-corrected chi connectivity index (χ4v) is 5.18. The highest BCUT2D eigenvalue weighted by molar-refractivity contribution is 5.45. The van der Waals surface area contributed by atoms with E-state index in [0.717, 1.165) is 44.0 Å². The first-order chi connectivity index (χ1) is 14.5. The van der Waals surface area contributed by atoms with E-state index < -0.39 is 6.10 Å². The van der Waals surface area contributed by atoms with E-state index in [0.29, 0.717) is 0 Å². The summed E-state index contributed by atoms with van der Waals surface area (Å²) in [5, 5.41) is 10.7. The van der Waals surface area contributed by atoms with Gasteiger partial charge in [0.1, 0.15) is 0 Å². The SMILES string of the molecule is COc1ccc([C@@H]2CN(Cc3ccccc3)C[C@@]2(C)[C@H](C)O)cc1OC1CCCC1. The van der Waals surface area contributed by atoms with Crippen molar-refractivity contribution in [3.63, 3.8) is 0 Å². The molecular formula is C26H35NO3. The maximum atomic E-state index is 10.7. The van der Waals surface area contributed by atoms with Crippen LogP contribution in [0.2, 0.25) is 0 Å². The van der Waals surface area contributed by atoms with Crippen LogP contribution >= 0.6 is 0 Å². The van der Waals surface area contributed by atoms with Crippen LogP contribution < -0.4 is 9.47 Å². The molecule has 162 valence electrons. The predicted molar refractivity (Wildman–Crippen MR) is 120 cm³/mol. The van der Waals surface area contributed by atoms with Crippen LogP contribution in [0.4, 0.5) is 0 Å². The molecule has 0 bridgehead atoms. The maximum Gasteiger partial charge on any atom is 0.161 e. The van der Waals surface area contributed by atoms with E-state index in [9.17, 15) is 5.11 Å². The lowest BCUT2D eigenvalue weighted by Gasteiger charge is -2.34. The van der Waals surface area contributed by atoms with Crippen LogP contribution in [0.15, 0.2) is 48.5 Å². The van der Waals surface area contributed by atoms with E-state index in [1.807, 2.05) is 13.0 Å². The van der Waals surface area contributed by atoms with E-state index in [1.165, 1.54) is 24.0 Å². The molecule has 1 aliphatic heterocycles. The average molecular weight is 410 g/mol. The van der Waals surface area contributed by atoms with E-state index in [1.54, 1.807) is 7.11 Å². The van der Waals surface area contributed by atoms with Crippen molar-refractivity contribution in [2.45, 2.75) is 64.2 Å². The van der Waals surface area contributed by atoms with Crippen molar-refractivity contribution >= 4 is 0 Å². The fraction of sp³-hybridized carbons (Fsp3) is 0.538. The Morgan fingerprint density at radius 3 is 2.50 bits per heavy atom. The lowest BCUT2D eigenvalue weighted by molar-refractivity contribution is 0.0474. The molecule has 0 aromatic heterocycles. The van der Waals surface area contributed by atoms with Gasteiger partial charge in [-0.2, -0.15) is 0 Å². The zero-order valence-corrected chi connectivity index (χ0v) is 18.5. The van der Waals surface area contributed by atoms with Crippen LogP contribution in [0, 0.1) is 5.41 Å². The Morgan fingerprint density at radius 2 is 1.83 bits per heavy atom. The van der Waals surface area contributed by atoms with Gasteiger partial charge in [-0.05, 0) is 55.9 Å². The summed E-state index contributed by atoms with van der Waals surface area (Å²) in [6, 6.07) is 16.9. The Morgan fingerprint density at radius 1 is 1.10 bits per heavy atom. The number of rotatable bonds is 7. The van der Waals surface area contributed by atoms with Gasteiger partial charge < -0.3 is 14.6 Å². The van der Waals surface area contributed by atoms with Gasteiger partial charge in [-0.1, -0.05) is 43.3 Å². The molecule has 3 atom stereocenters.